The van der Waals surface area contributed by atoms with Crippen LogP contribution in [-0.2, 0) is 12.8 Å². The lowest BCUT2D eigenvalue weighted by atomic mass is 9.84. The van der Waals surface area contributed by atoms with Gasteiger partial charge in [0.05, 0.1) is 17.8 Å². The number of aliphatic hydroxyl groups excluding tert-OH is 2. The highest BCUT2D eigenvalue weighted by molar-refractivity contribution is 5.75. The van der Waals surface area contributed by atoms with E-state index in [-0.39, 0.29) is 17.4 Å². The first kappa shape index (κ1) is 19.4. The molecule has 0 amide bonds. The zero-order chi connectivity index (χ0) is 20.9. The van der Waals surface area contributed by atoms with Gasteiger partial charge in [0.25, 0.3) is 0 Å². The summed E-state index contributed by atoms with van der Waals surface area (Å²) < 4.78 is 1.99. The van der Waals surface area contributed by atoms with Crippen molar-refractivity contribution < 1.29 is 10.2 Å². The number of benzene rings is 1. The van der Waals surface area contributed by atoms with E-state index in [1.807, 2.05) is 23.0 Å². The van der Waals surface area contributed by atoms with Crippen LogP contribution in [0.3, 0.4) is 0 Å². The second-order valence-corrected chi connectivity index (χ2v) is 9.49. The summed E-state index contributed by atoms with van der Waals surface area (Å²) in [6.45, 7) is 4.41. The van der Waals surface area contributed by atoms with Gasteiger partial charge in [-0.05, 0) is 54.9 Å². The van der Waals surface area contributed by atoms with Crippen molar-refractivity contribution in [3.63, 3.8) is 0 Å². The topological polar surface area (TPSA) is 83.5 Å². The van der Waals surface area contributed by atoms with E-state index in [0.717, 1.165) is 42.4 Å². The standard InChI is InChI=1S/C24H28N4O2/c1-24(2)11-17-6-4-15(9-19(17)26-13-24)3-5-16-10-20(22(30)21(16)29)28-8-7-18-12-25-14-27-23(18)28/h4,6-9,12-14,16,20-22,29-30H,3,5,10-11H2,1-2H3/t16-,20+,21+,22-/m0/s1. The lowest BCUT2D eigenvalue weighted by Gasteiger charge is -2.25. The molecule has 6 heteroatoms. The molecule has 5 rings (SSSR count). The molecular weight excluding hydrogens is 376 g/mol. The van der Waals surface area contributed by atoms with E-state index in [9.17, 15) is 10.2 Å². The van der Waals surface area contributed by atoms with Gasteiger partial charge < -0.3 is 14.8 Å². The van der Waals surface area contributed by atoms with Crippen molar-refractivity contribution in [1.82, 2.24) is 14.5 Å². The monoisotopic (exact) mass is 404 g/mol. The molecule has 0 bridgehead atoms. The molecular formula is C24H28N4O2. The van der Waals surface area contributed by atoms with Crippen LogP contribution < -0.4 is 0 Å². The minimum atomic E-state index is -0.795. The van der Waals surface area contributed by atoms with E-state index in [1.165, 1.54) is 17.5 Å². The summed E-state index contributed by atoms with van der Waals surface area (Å²) in [5.41, 5.74) is 4.51. The van der Waals surface area contributed by atoms with Crippen LogP contribution in [0, 0.1) is 11.3 Å². The van der Waals surface area contributed by atoms with E-state index in [1.54, 1.807) is 6.20 Å². The third-order valence-corrected chi connectivity index (χ3v) is 6.66. The van der Waals surface area contributed by atoms with Crippen molar-refractivity contribution in [3.05, 3.63) is 54.1 Å². The Morgan fingerprint density at radius 1 is 1.17 bits per heavy atom. The highest BCUT2D eigenvalue weighted by atomic mass is 16.3. The highest BCUT2D eigenvalue weighted by Crippen LogP contribution is 2.40. The fraction of sp³-hybridized carbons (Fsp3) is 0.458. The summed E-state index contributed by atoms with van der Waals surface area (Å²) in [6, 6.07) is 8.33. The van der Waals surface area contributed by atoms with E-state index >= 15 is 0 Å². The van der Waals surface area contributed by atoms with Crippen LogP contribution in [0.2, 0.25) is 0 Å². The number of nitrogens with zero attached hydrogens (tertiary/aromatic N) is 4. The Kier molecular flexibility index (Phi) is 4.71. The predicted octanol–water partition coefficient (Wildman–Crippen LogP) is 3.63. The molecule has 0 unspecified atom stereocenters. The molecule has 3 aromatic rings. The van der Waals surface area contributed by atoms with Gasteiger partial charge in [-0.15, -0.1) is 0 Å². The van der Waals surface area contributed by atoms with Crippen LogP contribution >= 0.6 is 0 Å². The Balaban J connectivity index is 1.29. The van der Waals surface area contributed by atoms with Crippen molar-refractivity contribution in [2.45, 2.75) is 57.8 Å². The lowest BCUT2D eigenvalue weighted by molar-refractivity contribution is 0.00545. The van der Waals surface area contributed by atoms with Crippen molar-refractivity contribution in [1.29, 1.82) is 0 Å². The average molecular weight is 405 g/mol. The van der Waals surface area contributed by atoms with Gasteiger partial charge >= 0.3 is 0 Å². The number of hydrogen-bond acceptors (Lipinski definition) is 5. The third-order valence-electron chi connectivity index (χ3n) is 6.66. The fourth-order valence-corrected chi connectivity index (χ4v) is 5.00. The zero-order valence-electron chi connectivity index (χ0n) is 17.4. The molecule has 0 radical (unpaired) electrons. The van der Waals surface area contributed by atoms with E-state index in [0.29, 0.717) is 0 Å². The summed E-state index contributed by atoms with van der Waals surface area (Å²) in [4.78, 5) is 13.1. The summed E-state index contributed by atoms with van der Waals surface area (Å²) in [6.07, 6.45) is 9.18. The maximum absolute atomic E-state index is 10.7. The van der Waals surface area contributed by atoms with Crippen LogP contribution in [0.4, 0.5) is 5.69 Å². The molecule has 30 heavy (non-hydrogen) atoms. The minimum Gasteiger partial charge on any atom is -0.390 e. The smallest absolute Gasteiger partial charge is 0.143 e. The first-order chi connectivity index (χ1) is 14.4. The Morgan fingerprint density at radius 3 is 2.90 bits per heavy atom. The molecule has 0 spiro atoms. The fourth-order valence-electron chi connectivity index (χ4n) is 5.00. The third kappa shape index (κ3) is 3.44. The van der Waals surface area contributed by atoms with Crippen LogP contribution in [0.15, 0.2) is 48.0 Å². The Hall–Kier alpha value is -2.57. The molecule has 0 saturated heterocycles. The van der Waals surface area contributed by atoms with Crippen molar-refractivity contribution in [2.24, 2.45) is 16.3 Å². The quantitative estimate of drug-likeness (QED) is 0.696. The van der Waals surface area contributed by atoms with Crippen molar-refractivity contribution in [2.75, 3.05) is 0 Å². The van der Waals surface area contributed by atoms with Crippen molar-refractivity contribution in [3.8, 4) is 0 Å². The average Bonchev–Trinajstić information content (AvgIpc) is 3.27. The lowest BCUT2D eigenvalue weighted by Crippen LogP contribution is -2.29. The zero-order valence-corrected chi connectivity index (χ0v) is 17.4. The number of hydrogen-bond donors (Lipinski definition) is 2. The number of rotatable bonds is 4. The number of aliphatic imine (C=N–C) groups is 1. The number of aliphatic hydroxyl groups is 2. The Labute approximate surface area is 176 Å². The van der Waals surface area contributed by atoms with Crippen LogP contribution in [0.25, 0.3) is 11.0 Å². The van der Waals surface area contributed by atoms with E-state index < -0.39 is 12.2 Å². The highest BCUT2D eigenvalue weighted by Gasteiger charge is 2.42. The minimum absolute atomic E-state index is 0.0442. The summed E-state index contributed by atoms with van der Waals surface area (Å²) in [5.74, 6) is 0.0442. The molecule has 156 valence electrons. The van der Waals surface area contributed by atoms with Gasteiger partial charge in [0, 0.05) is 29.4 Å². The normalized spacial score (nSPS) is 27.5. The Morgan fingerprint density at radius 2 is 2.03 bits per heavy atom. The molecule has 3 heterocycles. The number of fused-ring (bicyclic) bond motifs is 2. The number of aryl methyl sites for hydroxylation is 1. The van der Waals surface area contributed by atoms with Gasteiger partial charge in [0.1, 0.15) is 18.1 Å². The molecule has 1 aromatic carbocycles. The SMILES string of the molecule is CC1(C)C=Nc2cc(CC[C@H]3C[C@@H](n4ccc5cncnc54)[C@H](O)[C@@H]3O)ccc2C1. The predicted molar refractivity (Wildman–Crippen MR) is 117 cm³/mol. The maximum atomic E-state index is 10.7. The second kappa shape index (κ2) is 7.29. The molecule has 4 atom stereocenters. The summed E-state index contributed by atoms with van der Waals surface area (Å²) >= 11 is 0. The number of aromatic nitrogens is 3. The summed E-state index contributed by atoms with van der Waals surface area (Å²) in [5, 5.41) is 22.4. The van der Waals surface area contributed by atoms with Gasteiger partial charge in [-0.2, -0.15) is 0 Å². The van der Waals surface area contributed by atoms with Gasteiger partial charge in [0.2, 0.25) is 0 Å². The van der Waals surface area contributed by atoms with Crippen LogP contribution in [0.1, 0.15) is 43.9 Å². The van der Waals surface area contributed by atoms with Crippen LogP contribution in [-0.4, -0.2) is 43.2 Å². The maximum Gasteiger partial charge on any atom is 0.143 e. The van der Waals surface area contributed by atoms with E-state index in [2.05, 4.69) is 47.0 Å². The van der Waals surface area contributed by atoms with E-state index in [4.69, 9.17) is 0 Å². The first-order valence-electron chi connectivity index (χ1n) is 10.7. The Bertz CT molecular complexity index is 1100. The molecule has 1 fully saturated rings. The molecule has 1 aliphatic heterocycles. The van der Waals surface area contributed by atoms with Crippen molar-refractivity contribution >= 4 is 22.9 Å². The van der Waals surface area contributed by atoms with Gasteiger partial charge in [0.15, 0.2) is 0 Å². The first-order valence-corrected chi connectivity index (χ1v) is 10.7. The summed E-state index contributed by atoms with van der Waals surface area (Å²) in [7, 11) is 0. The largest absolute Gasteiger partial charge is 0.390 e. The molecule has 6 nitrogen and oxygen atoms in total. The molecule has 1 aliphatic carbocycles. The second-order valence-electron chi connectivity index (χ2n) is 9.49. The van der Waals surface area contributed by atoms with Crippen LogP contribution in [0.5, 0.6) is 0 Å². The molecule has 2 aliphatic rings. The molecule has 1 saturated carbocycles. The van der Waals surface area contributed by atoms with Gasteiger partial charge in [-0.25, -0.2) is 9.97 Å². The molecule has 2 N–H and O–H groups in total. The molecule has 2 aromatic heterocycles. The van der Waals surface area contributed by atoms with Gasteiger partial charge in [-0.3, -0.25) is 4.99 Å². The van der Waals surface area contributed by atoms with Gasteiger partial charge in [-0.1, -0.05) is 26.0 Å².